The fraction of sp³-hybridized carbons (Fsp3) is 0.500. The molecule has 30 heavy (non-hydrogen) atoms. The molecule has 0 bridgehead atoms. The molecule has 2 amide bonds. The van der Waals surface area contributed by atoms with Crippen LogP contribution in [0.2, 0.25) is 0 Å². The first-order chi connectivity index (χ1) is 14.5. The van der Waals surface area contributed by atoms with E-state index in [-0.39, 0.29) is 17.9 Å². The van der Waals surface area contributed by atoms with Crippen LogP contribution in [0.1, 0.15) is 47.4 Å². The molecule has 0 radical (unpaired) electrons. The Morgan fingerprint density at radius 2 is 1.77 bits per heavy atom. The molecule has 0 spiro atoms. The van der Waals surface area contributed by atoms with Gasteiger partial charge < -0.3 is 9.80 Å². The minimum Gasteiger partial charge on any atom is -0.341 e. The van der Waals surface area contributed by atoms with E-state index in [0.29, 0.717) is 19.5 Å². The highest BCUT2D eigenvalue weighted by Crippen LogP contribution is 2.38. The monoisotopic (exact) mass is 425 g/mol. The highest BCUT2D eigenvalue weighted by atomic mass is 32.1. The number of hydrogen-bond acceptors (Lipinski definition) is 4. The summed E-state index contributed by atoms with van der Waals surface area (Å²) >= 11 is 1.85. The van der Waals surface area contributed by atoms with Gasteiger partial charge in [0.2, 0.25) is 11.8 Å². The van der Waals surface area contributed by atoms with Gasteiger partial charge in [-0.3, -0.25) is 14.5 Å². The van der Waals surface area contributed by atoms with E-state index in [1.807, 2.05) is 21.1 Å². The predicted molar refractivity (Wildman–Crippen MR) is 121 cm³/mol. The van der Waals surface area contributed by atoms with E-state index in [1.54, 1.807) is 6.92 Å². The van der Waals surface area contributed by atoms with Gasteiger partial charge in [-0.2, -0.15) is 0 Å². The second kappa shape index (κ2) is 9.31. The minimum absolute atomic E-state index is 0.102. The highest BCUT2D eigenvalue weighted by molar-refractivity contribution is 7.10. The summed E-state index contributed by atoms with van der Waals surface area (Å²) in [6, 6.07) is 11.1. The number of nitrogens with zero attached hydrogens (tertiary/aromatic N) is 3. The predicted octanol–water partition coefficient (Wildman–Crippen LogP) is 3.47. The van der Waals surface area contributed by atoms with Crippen LogP contribution in [-0.2, 0) is 16.0 Å². The van der Waals surface area contributed by atoms with Gasteiger partial charge >= 0.3 is 0 Å². The van der Waals surface area contributed by atoms with Crippen molar-refractivity contribution in [2.45, 2.75) is 39.2 Å². The zero-order chi connectivity index (χ0) is 21.1. The molecular formula is C24H31N3O2S. The Labute approximate surface area is 183 Å². The van der Waals surface area contributed by atoms with Gasteiger partial charge in [-0.25, -0.2) is 0 Å². The standard InChI is InChI=1S/C24H31N3O2S/c1-18-6-3-4-7-20(18)24-21-10-17-30-22(21)8-13-27(24)14-9-23(29)26-12-5-11-25(15-16-26)19(2)28/h3-4,6-7,10,17,24H,5,8-9,11-16H2,1-2H3. The molecule has 0 N–H and O–H groups in total. The molecule has 1 aromatic carbocycles. The van der Waals surface area contributed by atoms with Crippen LogP contribution in [0.5, 0.6) is 0 Å². The molecule has 3 heterocycles. The molecule has 6 heteroatoms. The number of aryl methyl sites for hydroxylation is 1. The van der Waals surface area contributed by atoms with Crippen LogP contribution < -0.4 is 0 Å². The fourth-order valence-corrected chi connectivity index (χ4v) is 5.65. The number of amides is 2. The minimum atomic E-state index is 0.102. The van der Waals surface area contributed by atoms with Crippen molar-refractivity contribution in [1.82, 2.24) is 14.7 Å². The summed E-state index contributed by atoms with van der Waals surface area (Å²) in [4.78, 5) is 32.4. The summed E-state index contributed by atoms with van der Waals surface area (Å²) in [5, 5.41) is 2.20. The number of carbonyl (C=O) groups is 2. The van der Waals surface area contributed by atoms with E-state index < -0.39 is 0 Å². The Balaban J connectivity index is 1.45. The Kier molecular flexibility index (Phi) is 6.54. The number of carbonyl (C=O) groups excluding carboxylic acids is 2. The maximum absolute atomic E-state index is 13.0. The first-order valence-corrected chi connectivity index (χ1v) is 11.8. The lowest BCUT2D eigenvalue weighted by Crippen LogP contribution is -2.40. The SMILES string of the molecule is CC(=O)N1CCCN(C(=O)CCN2CCc3sccc3C2c2ccccc2C)CC1. The van der Waals surface area contributed by atoms with Crippen molar-refractivity contribution in [3.63, 3.8) is 0 Å². The molecule has 2 aliphatic rings. The number of fused-ring (bicyclic) bond motifs is 1. The van der Waals surface area contributed by atoms with Gasteiger partial charge in [0.25, 0.3) is 0 Å². The quantitative estimate of drug-likeness (QED) is 0.753. The Hall–Kier alpha value is -2.18. The molecule has 1 aromatic heterocycles. The second-order valence-corrected chi connectivity index (χ2v) is 9.34. The summed E-state index contributed by atoms with van der Waals surface area (Å²) in [6.45, 7) is 8.33. The highest BCUT2D eigenvalue weighted by Gasteiger charge is 2.31. The summed E-state index contributed by atoms with van der Waals surface area (Å²) < 4.78 is 0. The molecule has 1 unspecified atom stereocenters. The van der Waals surface area contributed by atoms with Gasteiger partial charge in [0.05, 0.1) is 6.04 Å². The van der Waals surface area contributed by atoms with Crippen molar-refractivity contribution in [3.8, 4) is 0 Å². The Morgan fingerprint density at radius 1 is 1.00 bits per heavy atom. The van der Waals surface area contributed by atoms with Gasteiger partial charge in [0.15, 0.2) is 0 Å². The second-order valence-electron chi connectivity index (χ2n) is 8.33. The number of benzene rings is 1. The molecule has 1 fully saturated rings. The zero-order valence-electron chi connectivity index (χ0n) is 18.0. The van der Waals surface area contributed by atoms with Gasteiger partial charge in [0.1, 0.15) is 0 Å². The van der Waals surface area contributed by atoms with Crippen molar-refractivity contribution < 1.29 is 9.59 Å². The third kappa shape index (κ3) is 4.44. The van der Waals surface area contributed by atoms with Crippen molar-refractivity contribution >= 4 is 23.2 Å². The van der Waals surface area contributed by atoms with E-state index in [9.17, 15) is 9.59 Å². The third-order valence-corrected chi connectivity index (χ3v) is 7.45. The largest absolute Gasteiger partial charge is 0.341 e. The number of rotatable bonds is 4. The van der Waals surface area contributed by atoms with E-state index in [4.69, 9.17) is 0 Å². The number of thiophene rings is 1. The first-order valence-electron chi connectivity index (χ1n) is 10.9. The first kappa shape index (κ1) is 21.1. The molecular weight excluding hydrogens is 394 g/mol. The Morgan fingerprint density at radius 3 is 2.57 bits per heavy atom. The topological polar surface area (TPSA) is 43.9 Å². The average Bonchev–Trinajstić information content (AvgIpc) is 3.07. The third-order valence-electron chi connectivity index (χ3n) is 6.46. The molecule has 1 saturated heterocycles. The van der Waals surface area contributed by atoms with Crippen LogP contribution in [0.25, 0.3) is 0 Å². The van der Waals surface area contributed by atoms with E-state index in [1.165, 1.54) is 21.6 Å². The lowest BCUT2D eigenvalue weighted by Gasteiger charge is -2.37. The normalized spacial score (nSPS) is 20.0. The van der Waals surface area contributed by atoms with Crippen molar-refractivity contribution in [3.05, 3.63) is 57.3 Å². The zero-order valence-corrected chi connectivity index (χ0v) is 18.8. The molecule has 160 valence electrons. The molecule has 4 rings (SSSR count). The van der Waals surface area contributed by atoms with Gasteiger partial charge in [-0.1, -0.05) is 24.3 Å². The summed E-state index contributed by atoms with van der Waals surface area (Å²) in [6.07, 6.45) is 2.45. The van der Waals surface area contributed by atoms with Crippen LogP contribution in [0.4, 0.5) is 0 Å². The van der Waals surface area contributed by atoms with Gasteiger partial charge in [-0.05, 0) is 47.9 Å². The summed E-state index contributed by atoms with van der Waals surface area (Å²) in [5.41, 5.74) is 4.05. The molecule has 2 aromatic rings. The van der Waals surface area contributed by atoms with E-state index in [2.05, 4.69) is 47.5 Å². The molecule has 0 aliphatic carbocycles. The summed E-state index contributed by atoms with van der Waals surface area (Å²) in [7, 11) is 0. The smallest absolute Gasteiger partial charge is 0.223 e. The Bertz CT molecular complexity index is 909. The summed E-state index contributed by atoms with van der Waals surface area (Å²) in [5.74, 6) is 0.310. The van der Waals surface area contributed by atoms with Crippen molar-refractivity contribution in [1.29, 1.82) is 0 Å². The van der Waals surface area contributed by atoms with E-state index in [0.717, 1.165) is 39.0 Å². The lowest BCUT2D eigenvalue weighted by atomic mass is 9.90. The van der Waals surface area contributed by atoms with E-state index >= 15 is 0 Å². The van der Waals surface area contributed by atoms with Gasteiger partial charge in [-0.15, -0.1) is 11.3 Å². The van der Waals surface area contributed by atoms with Crippen LogP contribution in [-0.4, -0.2) is 65.8 Å². The van der Waals surface area contributed by atoms with Crippen LogP contribution in [0.15, 0.2) is 35.7 Å². The molecule has 0 saturated carbocycles. The lowest BCUT2D eigenvalue weighted by molar-refractivity contribution is -0.133. The maximum atomic E-state index is 13.0. The van der Waals surface area contributed by atoms with Crippen molar-refractivity contribution in [2.24, 2.45) is 0 Å². The maximum Gasteiger partial charge on any atom is 0.223 e. The fourth-order valence-electron chi connectivity index (χ4n) is 4.75. The molecule has 1 atom stereocenters. The number of hydrogen-bond donors (Lipinski definition) is 0. The average molecular weight is 426 g/mol. The molecule has 5 nitrogen and oxygen atoms in total. The van der Waals surface area contributed by atoms with Crippen molar-refractivity contribution in [2.75, 3.05) is 39.3 Å². The van der Waals surface area contributed by atoms with Gasteiger partial charge in [0, 0.05) is 57.5 Å². The molecule has 2 aliphatic heterocycles. The van der Waals surface area contributed by atoms with Crippen LogP contribution >= 0.6 is 11.3 Å². The van der Waals surface area contributed by atoms with Crippen LogP contribution in [0.3, 0.4) is 0 Å². The van der Waals surface area contributed by atoms with Crippen LogP contribution in [0, 0.1) is 6.92 Å².